The number of aliphatic hydroxyl groups excluding tert-OH is 1. The maximum atomic E-state index is 13.0. The zero-order chi connectivity index (χ0) is 14.5. The zero-order valence-electron chi connectivity index (χ0n) is 11.9. The largest absolute Gasteiger partial charge is 0.388 e. The van der Waals surface area contributed by atoms with Gasteiger partial charge in [-0.2, -0.15) is 0 Å². The van der Waals surface area contributed by atoms with E-state index in [4.69, 9.17) is 9.05 Å². The minimum absolute atomic E-state index is 0.0291. The molecule has 0 saturated carbocycles. The summed E-state index contributed by atoms with van der Waals surface area (Å²) in [6, 6.07) is 0. The van der Waals surface area contributed by atoms with E-state index in [0.717, 1.165) is 15.7 Å². The van der Waals surface area contributed by atoms with Crippen molar-refractivity contribution in [1.29, 1.82) is 0 Å². The highest BCUT2D eigenvalue weighted by atomic mass is 32.2. The molecule has 0 aromatic rings. The van der Waals surface area contributed by atoms with Gasteiger partial charge in [-0.1, -0.05) is 13.8 Å². The van der Waals surface area contributed by atoms with Crippen molar-refractivity contribution in [3.63, 3.8) is 0 Å². The van der Waals surface area contributed by atoms with Gasteiger partial charge in [-0.05, 0) is 19.8 Å². The van der Waals surface area contributed by atoms with Crippen LogP contribution in [0.5, 0.6) is 0 Å². The van der Waals surface area contributed by atoms with Gasteiger partial charge in [0.1, 0.15) is 0 Å². The molecule has 1 N–H and O–H groups in total. The monoisotopic (exact) mass is 326 g/mol. The van der Waals surface area contributed by atoms with Crippen LogP contribution in [0.15, 0.2) is 9.55 Å². The van der Waals surface area contributed by atoms with E-state index in [9.17, 15) is 9.67 Å². The second-order valence-corrected chi connectivity index (χ2v) is 8.85. The van der Waals surface area contributed by atoms with Crippen molar-refractivity contribution in [3.05, 3.63) is 9.55 Å². The van der Waals surface area contributed by atoms with Crippen LogP contribution in [0, 0.1) is 5.92 Å². The average Bonchev–Trinajstić information content (AvgIpc) is 2.83. The van der Waals surface area contributed by atoms with Crippen LogP contribution in [0.3, 0.4) is 0 Å². The molecule has 1 rings (SSSR count). The molecular weight excluding hydrogens is 303 g/mol. The lowest BCUT2D eigenvalue weighted by atomic mass is 10.1. The first kappa shape index (κ1) is 17.6. The summed E-state index contributed by atoms with van der Waals surface area (Å²) in [5.74, 6) is 1.90. The molecule has 4 nitrogen and oxygen atoms in total. The lowest BCUT2D eigenvalue weighted by Gasteiger charge is -2.26. The molecule has 112 valence electrons. The molecule has 0 bridgehead atoms. The first-order valence-corrected chi connectivity index (χ1v) is 10.0. The predicted molar refractivity (Wildman–Crippen MR) is 83.6 cm³/mol. The van der Waals surface area contributed by atoms with E-state index in [1.54, 1.807) is 37.4 Å². The third-order valence-corrected chi connectivity index (χ3v) is 7.89. The second kappa shape index (κ2) is 8.11. The van der Waals surface area contributed by atoms with Gasteiger partial charge in [0.25, 0.3) is 0 Å². The van der Waals surface area contributed by atoms with Gasteiger partial charge in [0.15, 0.2) is 0 Å². The Morgan fingerprint density at radius 3 is 2.11 bits per heavy atom. The van der Waals surface area contributed by atoms with Crippen molar-refractivity contribution < 1.29 is 18.7 Å². The fourth-order valence-electron chi connectivity index (χ4n) is 1.68. The highest BCUT2D eigenvalue weighted by Crippen LogP contribution is 2.62. The third-order valence-electron chi connectivity index (χ3n) is 2.56. The number of hydrogen-bond acceptors (Lipinski definition) is 6. The van der Waals surface area contributed by atoms with E-state index in [0.29, 0.717) is 18.5 Å². The third kappa shape index (κ3) is 4.51. The van der Waals surface area contributed by atoms with E-state index in [-0.39, 0.29) is 5.92 Å². The Hall–Kier alpha value is 0.550. The van der Waals surface area contributed by atoms with Gasteiger partial charge in [-0.3, -0.25) is 4.57 Å². The Bertz CT molecular complexity index is 353. The fourth-order valence-corrected chi connectivity index (χ4v) is 7.03. The molecule has 0 aromatic carbocycles. The topological polar surface area (TPSA) is 55.8 Å². The van der Waals surface area contributed by atoms with Gasteiger partial charge in [0.2, 0.25) is 0 Å². The number of rotatable bonds is 7. The van der Waals surface area contributed by atoms with Crippen molar-refractivity contribution in [3.8, 4) is 0 Å². The second-order valence-electron chi connectivity index (χ2n) is 4.39. The predicted octanol–water partition coefficient (Wildman–Crippen LogP) is 3.92. The van der Waals surface area contributed by atoms with Crippen molar-refractivity contribution >= 4 is 31.1 Å². The van der Waals surface area contributed by atoms with Crippen LogP contribution in [0.4, 0.5) is 0 Å². The summed E-state index contributed by atoms with van der Waals surface area (Å²) < 4.78 is 24.7. The maximum absolute atomic E-state index is 13.0. The first-order chi connectivity index (χ1) is 8.96. The molecule has 1 aliphatic heterocycles. The Morgan fingerprint density at radius 2 is 1.74 bits per heavy atom. The highest BCUT2D eigenvalue weighted by molar-refractivity contribution is 8.25. The van der Waals surface area contributed by atoms with Gasteiger partial charge < -0.3 is 14.2 Å². The Balaban J connectivity index is 3.21. The smallest absolute Gasteiger partial charge is 0.361 e. The van der Waals surface area contributed by atoms with Gasteiger partial charge in [0.05, 0.1) is 28.9 Å². The minimum Gasteiger partial charge on any atom is -0.388 e. The molecule has 1 fully saturated rings. The fraction of sp³-hybridized carbons (Fsp3) is 0.833. The van der Waals surface area contributed by atoms with Crippen molar-refractivity contribution in [1.82, 2.24) is 0 Å². The van der Waals surface area contributed by atoms with Crippen LogP contribution in [0.25, 0.3) is 0 Å². The molecule has 1 saturated heterocycles. The van der Waals surface area contributed by atoms with Crippen molar-refractivity contribution in [2.75, 3.05) is 24.7 Å². The summed E-state index contributed by atoms with van der Waals surface area (Å²) in [6.07, 6.45) is -0.794. The summed E-state index contributed by atoms with van der Waals surface area (Å²) >= 11 is 3.25. The van der Waals surface area contributed by atoms with Crippen molar-refractivity contribution in [2.45, 2.75) is 33.8 Å². The summed E-state index contributed by atoms with van der Waals surface area (Å²) in [4.78, 5) is 0. The van der Waals surface area contributed by atoms with Crippen LogP contribution < -0.4 is 0 Å². The normalized spacial score (nSPS) is 18.1. The zero-order valence-corrected chi connectivity index (χ0v) is 14.4. The van der Waals surface area contributed by atoms with Gasteiger partial charge >= 0.3 is 7.60 Å². The molecule has 0 aromatic heterocycles. The molecular formula is C12H23O4PS2. The highest BCUT2D eigenvalue weighted by Gasteiger charge is 2.39. The van der Waals surface area contributed by atoms with Crippen molar-refractivity contribution in [2.24, 2.45) is 5.92 Å². The van der Waals surface area contributed by atoms with Gasteiger partial charge in [-0.25, -0.2) is 0 Å². The van der Waals surface area contributed by atoms with Crippen LogP contribution >= 0.6 is 31.1 Å². The molecule has 0 radical (unpaired) electrons. The lowest BCUT2D eigenvalue weighted by Crippen LogP contribution is -2.20. The molecule has 1 heterocycles. The molecule has 19 heavy (non-hydrogen) atoms. The van der Waals surface area contributed by atoms with Crippen LogP contribution in [0.2, 0.25) is 0 Å². The lowest BCUT2D eigenvalue weighted by molar-refractivity contribution is 0.154. The standard InChI is InChI=1S/C12H23O4PS2/c1-5-15-17(14,16-6-2)11(10(13)9(3)4)12-18-7-8-19-12/h9-10,13H,5-8H2,1-4H3. The molecule has 1 aliphatic rings. The Kier molecular flexibility index (Phi) is 7.51. The first-order valence-electron chi connectivity index (χ1n) is 6.53. The summed E-state index contributed by atoms with van der Waals surface area (Å²) in [5, 5.41) is 10.9. The molecule has 1 atom stereocenters. The molecule has 0 spiro atoms. The summed E-state index contributed by atoms with van der Waals surface area (Å²) in [5.41, 5.74) is 0. The Morgan fingerprint density at radius 1 is 1.26 bits per heavy atom. The quantitative estimate of drug-likeness (QED) is 0.716. The number of hydrogen-bond donors (Lipinski definition) is 1. The molecule has 0 amide bonds. The number of thioether (sulfide) groups is 2. The van der Waals surface area contributed by atoms with Gasteiger partial charge in [0, 0.05) is 11.5 Å². The molecule has 0 aliphatic carbocycles. The average molecular weight is 326 g/mol. The summed E-state index contributed by atoms with van der Waals surface area (Å²) in [6.45, 7) is 7.97. The Labute approximate surface area is 124 Å². The van der Waals surface area contributed by atoms with E-state index in [2.05, 4.69) is 0 Å². The van der Waals surface area contributed by atoms with E-state index >= 15 is 0 Å². The SMILES string of the molecule is CCOP(=O)(OCC)C(=C1SCCS1)C(O)C(C)C. The van der Waals surface area contributed by atoms with E-state index < -0.39 is 13.7 Å². The molecule has 7 heteroatoms. The number of aliphatic hydroxyl groups is 1. The van der Waals surface area contributed by atoms with Crippen LogP contribution in [0.1, 0.15) is 27.7 Å². The van der Waals surface area contributed by atoms with Crippen LogP contribution in [-0.2, 0) is 13.6 Å². The summed E-state index contributed by atoms with van der Waals surface area (Å²) in [7, 11) is -3.40. The minimum atomic E-state index is -3.40. The van der Waals surface area contributed by atoms with E-state index in [1.165, 1.54) is 0 Å². The molecule has 1 unspecified atom stereocenters. The van der Waals surface area contributed by atoms with Crippen LogP contribution in [-0.4, -0.2) is 35.9 Å². The van der Waals surface area contributed by atoms with E-state index in [1.807, 2.05) is 13.8 Å². The van der Waals surface area contributed by atoms with Gasteiger partial charge in [-0.15, -0.1) is 23.5 Å². The maximum Gasteiger partial charge on any atom is 0.361 e.